The first-order valence-electron chi connectivity index (χ1n) is 13.9. The van der Waals surface area contributed by atoms with Gasteiger partial charge in [-0.25, -0.2) is 13.2 Å². The number of ether oxygens (including phenoxy) is 2. The van der Waals surface area contributed by atoms with Gasteiger partial charge >= 0.3 is 6.09 Å². The van der Waals surface area contributed by atoms with Crippen LogP contribution in [0.15, 0.2) is 42.5 Å². The number of cyclic esters (lactones) is 1. The predicted octanol–water partition coefficient (Wildman–Crippen LogP) is 4.12. The van der Waals surface area contributed by atoms with E-state index in [9.17, 15) is 18.3 Å². The van der Waals surface area contributed by atoms with Crippen molar-refractivity contribution in [1.82, 2.24) is 10.2 Å². The Hall–Kier alpha value is -2.33. The number of carbonyl (C=O) groups excluding carboxylic acids is 1. The van der Waals surface area contributed by atoms with Crippen molar-refractivity contribution in [3.05, 3.63) is 64.7 Å². The molecule has 1 amide bonds. The largest absolute Gasteiger partial charge is 0.496 e. The maximum Gasteiger partial charge on any atom is 0.410 e. The summed E-state index contributed by atoms with van der Waals surface area (Å²) in [5.41, 5.74) is 4.17. The van der Waals surface area contributed by atoms with Crippen molar-refractivity contribution >= 4 is 28.3 Å². The molecule has 10 heteroatoms. The van der Waals surface area contributed by atoms with Gasteiger partial charge < -0.3 is 24.8 Å². The first-order valence-corrected chi connectivity index (χ1v) is 15.7. The molecule has 8 nitrogen and oxygen atoms in total. The van der Waals surface area contributed by atoms with Crippen molar-refractivity contribution < 1.29 is 27.8 Å². The number of methoxy groups -OCH3 is 1. The molecule has 4 rings (SSSR count). The zero-order valence-corrected chi connectivity index (χ0v) is 25.5. The number of aliphatic hydroxyl groups is 1. The van der Waals surface area contributed by atoms with Crippen LogP contribution in [0, 0.1) is 5.92 Å². The minimum absolute atomic E-state index is 0. The monoisotopic (exact) mass is 594 g/mol. The molecule has 0 aromatic heterocycles. The lowest BCUT2D eigenvalue weighted by atomic mass is 9.90. The fourth-order valence-corrected chi connectivity index (χ4v) is 7.68. The van der Waals surface area contributed by atoms with Crippen molar-refractivity contribution in [1.29, 1.82) is 0 Å². The van der Waals surface area contributed by atoms with E-state index in [2.05, 4.69) is 31.3 Å². The molecule has 0 bridgehead atoms. The number of aliphatic hydroxyl groups excluding tert-OH is 1. The standard InChI is InChI=1S/C30H42N2O6S.ClH/c1-5-11-32-26(17-38-30(32)34)15-24-12-21(9-10-28(24)37-4)13-25-18-39(35,36)19-27(29(25)33)31-16-22-7-6-8-23(14-22)20(2)3;/h6-10,12,14,20,25-27,29,31,33H,5,11,13,15-19H2,1-4H3;1H/t25-,26+,27+,29+;/m1./s1. The highest BCUT2D eigenvalue weighted by Crippen LogP contribution is 2.29. The van der Waals surface area contributed by atoms with Crippen LogP contribution in [-0.2, 0) is 34.0 Å². The zero-order valence-electron chi connectivity index (χ0n) is 23.8. The van der Waals surface area contributed by atoms with E-state index in [0.717, 1.165) is 28.9 Å². The number of halogens is 1. The minimum atomic E-state index is -3.33. The molecule has 2 fully saturated rings. The number of benzene rings is 2. The van der Waals surface area contributed by atoms with Crippen molar-refractivity contribution in [3.63, 3.8) is 0 Å². The molecule has 4 atom stereocenters. The van der Waals surface area contributed by atoms with E-state index in [-0.39, 0.29) is 36.0 Å². The Balaban J connectivity index is 0.00000441. The highest BCUT2D eigenvalue weighted by atomic mass is 35.5. The van der Waals surface area contributed by atoms with Gasteiger partial charge in [0.2, 0.25) is 0 Å². The predicted molar refractivity (Wildman–Crippen MR) is 159 cm³/mol. The Labute approximate surface area is 244 Å². The molecule has 2 heterocycles. The van der Waals surface area contributed by atoms with Crippen molar-refractivity contribution in [2.45, 2.75) is 70.7 Å². The van der Waals surface area contributed by atoms with E-state index >= 15 is 0 Å². The van der Waals surface area contributed by atoms with Gasteiger partial charge in [-0.15, -0.1) is 12.4 Å². The van der Waals surface area contributed by atoms with Gasteiger partial charge in [0.15, 0.2) is 9.84 Å². The van der Waals surface area contributed by atoms with E-state index in [1.165, 1.54) is 5.56 Å². The number of nitrogens with zero attached hydrogens (tertiary/aromatic N) is 1. The Kier molecular flexibility index (Phi) is 11.3. The van der Waals surface area contributed by atoms with Crippen LogP contribution < -0.4 is 10.1 Å². The quantitative estimate of drug-likeness (QED) is 0.403. The van der Waals surface area contributed by atoms with Gasteiger partial charge in [-0.3, -0.25) is 0 Å². The number of carbonyl (C=O) groups is 1. The lowest BCUT2D eigenvalue weighted by Gasteiger charge is -2.35. The molecule has 0 spiro atoms. The second-order valence-corrected chi connectivity index (χ2v) is 13.3. The summed E-state index contributed by atoms with van der Waals surface area (Å²) in [4.78, 5) is 13.9. The average Bonchev–Trinajstić information content (AvgIpc) is 3.24. The molecule has 2 aromatic rings. The second-order valence-electron chi connectivity index (χ2n) is 11.2. The van der Waals surface area contributed by atoms with Gasteiger partial charge in [0.05, 0.1) is 30.8 Å². The van der Waals surface area contributed by atoms with E-state index in [0.29, 0.717) is 38.5 Å². The maximum atomic E-state index is 12.9. The fourth-order valence-electron chi connectivity index (χ4n) is 5.71. The first kappa shape index (κ1) is 32.2. The van der Waals surface area contributed by atoms with Crippen LogP contribution in [-0.4, -0.2) is 74.5 Å². The fraction of sp³-hybridized carbons (Fsp3) is 0.567. The average molecular weight is 595 g/mol. The summed E-state index contributed by atoms with van der Waals surface area (Å²) >= 11 is 0. The van der Waals surface area contributed by atoms with E-state index in [1.54, 1.807) is 12.0 Å². The first-order chi connectivity index (χ1) is 18.6. The Bertz CT molecular complexity index is 1250. The number of amides is 1. The number of sulfone groups is 1. The normalized spacial score (nSPS) is 24.1. The highest BCUT2D eigenvalue weighted by molar-refractivity contribution is 7.91. The summed E-state index contributed by atoms with van der Waals surface area (Å²) in [6, 6.07) is 13.4. The van der Waals surface area contributed by atoms with E-state index in [4.69, 9.17) is 9.47 Å². The highest BCUT2D eigenvalue weighted by Gasteiger charge is 2.39. The zero-order chi connectivity index (χ0) is 28.2. The number of hydrogen-bond acceptors (Lipinski definition) is 7. The van der Waals surface area contributed by atoms with Crippen LogP contribution in [0.3, 0.4) is 0 Å². The molecular weight excluding hydrogens is 552 g/mol. The smallest absolute Gasteiger partial charge is 0.410 e. The van der Waals surface area contributed by atoms with Crippen LogP contribution in [0.4, 0.5) is 4.79 Å². The van der Waals surface area contributed by atoms with Gasteiger partial charge in [-0.2, -0.15) is 0 Å². The molecule has 2 saturated heterocycles. The van der Waals surface area contributed by atoms with Crippen molar-refractivity contribution in [2.75, 3.05) is 31.8 Å². The SMILES string of the molecule is CCCN1C(=O)OC[C@@H]1Cc1cc(C[C@@H]2CS(=O)(=O)C[C@H](NCc3cccc(C(C)C)c3)[C@H]2O)ccc1OC.Cl. The van der Waals surface area contributed by atoms with Crippen LogP contribution in [0.1, 0.15) is 55.4 Å². The van der Waals surface area contributed by atoms with Crippen LogP contribution in [0.5, 0.6) is 5.75 Å². The molecule has 40 heavy (non-hydrogen) atoms. The Morgan fingerprint density at radius 2 is 1.90 bits per heavy atom. The second kappa shape index (κ2) is 14.0. The molecule has 2 aliphatic rings. The summed E-state index contributed by atoms with van der Waals surface area (Å²) < 4.78 is 36.6. The third-order valence-corrected chi connectivity index (χ3v) is 9.62. The lowest BCUT2D eigenvalue weighted by Crippen LogP contribution is -2.54. The van der Waals surface area contributed by atoms with Crippen LogP contribution in [0.25, 0.3) is 0 Å². The Morgan fingerprint density at radius 3 is 2.60 bits per heavy atom. The van der Waals surface area contributed by atoms with Crippen molar-refractivity contribution in [2.24, 2.45) is 5.92 Å². The van der Waals surface area contributed by atoms with E-state index in [1.807, 2.05) is 37.3 Å². The third-order valence-electron chi connectivity index (χ3n) is 7.82. The summed E-state index contributed by atoms with van der Waals surface area (Å²) in [5, 5.41) is 14.6. The topological polar surface area (TPSA) is 105 Å². The van der Waals surface area contributed by atoms with Gasteiger partial charge in [0.1, 0.15) is 12.4 Å². The third kappa shape index (κ3) is 7.90. The molecule has 2 aliphatic heterocycles. The molecule has 0 unspecified atom stereocenters. The minimum Gasteiger partial charge on any atom is -0.496 e. The summed E-state index contributed by atoms with van der Waals surface area (Å²) in [5.74, 6) is 0.560. The summed E-state index contributed by atoms with van der Waals surface area (Å²) in [6.45, 7) is 7.77. The van der Waals surface area contributed by atoms with E-state index < -0.39 is 27.9 Å². The maximum absolute atomic E-state index is 12.9. The summed E-state index contributed by atoms with van der Waals surface area (Å²) in [6.07, 6.45) is 0.760. The number of rotatable bonds is 11. The molecule has 2 aromatic carbocycles. The van der Waals surface area contributed by atoms with Gasteiger partial charge in [0.25, 0.3) is 0 Å². The molecule has 0 saturated carbocycles. The van der Waals surface area contributed by atoms with Gasteiger partial charge in [0, 0.05) is 25.0 Å². The molecule has 0 radical (unpaired) electrons. The van der Waals surface area contributed by atoms with Gasteiger partial charge in [-0.1, -0.05) is 57.2 Å². The number of nitrogens with one attached hydrogen (secondary N) is 1. The molecular formula is C30H43ClN2O6S. The lowest BCUT2D eigenvalue weighted by molar-refractivity contribution is 0.0781. The Morgan fingerprint density at radius 1 is 1.12 bits per heavy atom. The molecule has 0 aliphatic carbocycles. The molecule has 222 valence electrons. The molecule has 2 N–H and O–H groups in total. The van der Waals surface area contributed by atoms with Crippen molar-refractivity contribution in [3.8, 4) is 5.75 Å². The summed E-state index contributed by atoms with van der Waals surface area (Å²) in [7, 11) is -1.72. The van der Waals surface area contributed by atoms with Crippen LogP contribution >= 0.6 is 12.4 Å². The van der Waals surface area contributed by atoms with Gasteiger partial charge in [-0.05, 0) is 53.5 Å². The van der Waals surface area contributed by atoms with Crippen LogP contribution in [0.2, 0.25) is 0 Å². The number of hydrogen-bond donors (Lipinski definition) is 2.